The van der Waals surface area contributed by atoms with Crippen molar-refractivity contribution >= 4 is 31.6 Å². The van der Waals surface area contributed by atoms with Gasteiger partial charge in [0, 0.05) is 4.88 Å². The van der Waals surface area contributed by atoms with Gasteiger partial charge in [-0.1, -0.05) is 6.92 Å². The average Bonchev–Trinajstić information content (AvgIpc) is 2.60. The van der Waals surface area contributed by atoms with Crippen LogP contribution in [0.15, 0.2) is 5.51 Å². The number of hydrogen-bond donors (Lipinski definition) is 2. The van der Waals surface area contributed by atoms with Gasteiger partial charge >= 0.3 is 0 Å². The quantitative estimate of drug-likeness (QED) is 0.787. The summed E-state index contributed by atoms with van der Waals surface area (Å²) in [5.74, 6) is -1.96. The van der Waals surface area contributed by atoms with Gasteiger partial charge in [-0.25, -0.2) is 4.98 Å². The SMILES string of the molecule is CCc1scnc1C.O=S(=O)(O)CCS(=O)(=O)O. The van der Waals surface area contributed by atoms with E-state index < -0.39 is 31.7 Å². The molecule has 1 aromatic rings. The van der Waals surface area contributed by atoms with Crippen molar-refractivity contribution in [1.82, 2.24) is 4.98 Å². The molecule has 1 heterocycles. The van der Waals surface area contributed by atoms with Gasteiger partial charge in [0.2, 0.25) is 0 Å². The largest absolute Gasteiger partial charge is 0.286 e. The summed E-state index contributed by atoms with van der Waals surface area (Å²) in [4.78, 5) is 5.51. The van der Waals surface area contributed by atoms with Crippen LogP contribution in [0, 0.1) is 6.92 Å². The number of aryl methyl sites for hydroxylation is 2. The zero-order valence-electron chi connectivity index (χ0n) is 9.90. The Morgan fingerprint density at radius 3 is 1.78 bits per heavy atom. The summed E-state index contributed by atoms with van der Waals surface area (Å²) < 4.78 is 55.4. The molecule has 0 aromatic carbocycles. The van der Waals surface area contributed by atoms with Gasteiger partial charge in [-0.3, -0.25) is 9.11 Å². The van der Waals surface area contributed by atoms with Crippen LogP contribution in [0.3, 0.4) is 0 Å². The predicted molar refractivity (Wildman–Crippen MR) is 69.1 cm³/mol. The minimum Gasteiger partial charge on any atom is -0.286 e. The Bertz CT molecular complexity index is 527. The van der Waals surface area contributed by atoms with Gasteiger partial charge in [-0.2, -0.15) is 16.8 Å². The number of nitrogens with zero attached hydrogens (tertiary/aromatic N) is 1. The molecule has 0 aliphatic heterocycles. The molecule has 0 amide bonds. The fraction of sp³-hybridized carbons (Fsp3) is 0.625. The van der Waals surface area contributed by atoms with Gasteiger partial charge in [-0.05, 0) is 13.3 Å². The first-order valence-corrected chi connectivity index (χ1v) is 8.94. The van der Waals surface area contributed by atoms with Crippen LogP contribution in [0.4, 0.5) is 0 Å². The van der Waals surface area contributed by atoms with E-state index in [9.17, 15) is 16.8 Å². The van der Waals surface area contributed by atoms with E-state index in [1.807, 2.05) is 5.51 Å². The van der Waals surface area contributed by atoms with E-state index in [2.05, 4.69) is 18.8 Å². The fourth-order valence-electron chi connectivity index (χ4n) is 0.876. The van der Waals surface area contributed by atoms with E-state index in [1.165, 1.54) is 10.6 Å². The molecule has 0 fully saturated rings. The van der Waals surface area contributed by atoms with Crippen molar-refractivity contribution in [3.8, 4) is 0 Å². The smallest absolute Gasteiger partial charge is 0.265 e. The average molecular weight is 317 g/mol. The summed E-state index contributed by atoms with van der Waals surface area (Å²) in [5.41, 5.74) is 3.09. The molecular formula is C8H15NO6S3. The number of thiazole rings is 1. The lowest BCUT2D eigenvalue weighted by Crippen LogP contribution is -2.15. The monoisotopic (exact) mass is 317 g/mol. The minimum atomic E-state index is -4.30. The normalized spacial score (nSPS) is 11.8. The van der Waals surface area contributed by atoms with Crippen LogP contribution in [0.1, 0.15) is 17.5 Å². The van der Waals surface area contributed by atoms with E-state index in [1.54, 1.807) is 11.3 Å². The molecule has 1 aromatic heterocycles. The lowest BCUT2D eigenvalue weighted by Gasteiger charge is -1.92. The van der Waals surface area contributed by atoms with Crippen molar-refractivity contribution in [2.24, 2.45) is 0 Å². The van der Waals surface area contributed by atoms with E-state index in [0.29, 0.717) is 0 Å². The Balaban J connectivity index is 0.000000327. The summed E-state index contributed by atoms with van der Waals surface area (Å²) >= 11 is 1.74. The molecule has 0 radical (unpaired) electrons. The molecular weight excluding hydrogens is 302 g/mol. The highest BCUT2D eigenvalue weighted by molar-refractivity contribution is 7.89. The Labute approximate surface area is 110 Å². The Morgan fingerprint density at radius 1 is 1.17 bits per heavy atom. The summed E-state index contributed by atoms with van der Waals surface area (Å²) in [5, 5.41) is 0. The molecule has 0 spiro atoms. The molecule has 0 unspecified atom stereocenters. The predicted octanol–water partition coefficient (Wildman–Crippen LogP) is 0.776. The molecule has 0 saturated heterocycles. The van der Waals surface area contributed by atoms with Crippen molar-refractivity contribution in [1.29, 1.82) is 0 Å². The van der Waals surface area contributed by atoms with Crippen molar-refractivity contribution in [3.05, 3.63) is 16.1 Å². The fourth-order valence-corrected chi connectivity index (χ4v) is 3.29. The van der Waals surface area contributed by atoms with Crippen LogP contribution >= 0.6 is 11.3 Å². The van der Waals surface area contributed by atoms with Crippen molar-refractivity contribution < 1.29 is 25.9 Å². The third kappa shape index (κ3) is 9.48. The molecule has 0 aliphatic carbocycles. The van der Waals surface area contributed by atoms with Crippen LogP contribution < -0.4 is 0 Å². The molecule has 7 nitrogen and oxygen atoms in total. The van der Waals surface area contributed by atoms with E-state index in [-0.39, 0.29) is 0 Å². The number of hydrogen-bond acceptors (Lipinski definition) is 6. The van der Waals surface area contributed by atoms with Gasteiger partial charge in [0.25, 0.3) is 20.2 Å². The van der Waals surface area contributed by atoms with E-state index in [4.69, 9.17) is 9.11 Å². The zero-order chi connectivity index (χ0) is 14.4. The van der Waals surface area contributed by atoms with Gasteiger partial charge in [0.15, 0.2) is 0 Å². The lowest BCUT2D eigenvalue weighted by atomic mass is 10.3. The number of aromatic nitrogens is 1. The maximum Gasteiger partial charge on any atom is 0.265 e. The first kappa shape index (κ1) is 17.4. The second-order valence-corrected chi connectivity index (χ2v) is 7.37. The summed E-state index contributed by atoms with van der Waals surface area (Å²) in [6.07, 6.45) is 1.12. The van der Waals surface area contributed by atoms with E-state index in [0.717, 1.165) is 6.42 Å². The van der Waals surface area contributed by atoms with Crippen LogP contribution in [0.2, 0.25) is 0 Å². The van der Waals surface area contributed by atoms with Crippen LogP contribution in [0.25, 0.3) is 0 Å². The molecule has 18 heavy (non-hydrogen) atoms. The maximum absolute atomic E-state index is 9.86. The van der Waals surface area contributed by atoms with Crippen molar-refractivity contribution in [2.45, 2.75) is 20.3 Å². The summed E-state index contributed by atoms with van der Waals surface area (Å²) in [7, 11) is -8.59. The molecule has 0 saturated carbocycles. The molecule has 0 atom stereocenters. The molecule has 1 rings (SSSR count). The first-order valence-electron chi connectivity index (χ1n) is 4.84. The minimum absolute atomic E-state index is 0.980. The van der Waals surface area contributed by atoms with Crippen LogP contribution in [-0.4, -0.2) is 42.4 Å². The molecule has 106 valence electrons. The Kier molecular flexibility index (Phi) is 6.92. The van der Waals surface area contributed by atoms with Gasteiger partial charge in [0.1, 0.15) is 0 Å². The highest BCUT2D eigenvalue weighted by Crippen LogP contribution is 2.11. The molecule has 0 aliphatic rings. The second kappa shape index (κ2) is 7.14. The Morgan fingerprint density at radius 2 is 1.61 bits per heavy atom. The third-order valence-corrected chi connectivity index (χ3v) is 4.54. The highest BCUT2D eigenvalue weighted by Gasteiger charge is 2.11. The standard InChI is InChI=1S/C6H9NS.C2H6O6S2/c1-3-6-5(2)7-4-8-6;3-9(4,5)1-2-10(6,7)8/h4H,3H2,1-2H3;1-2H2,(H,3,4,5)(H,6,7,8). The van der Waals surface area contributed by atoms with Gasteiger partial charge < -0.3 is 0 Å². The van der Waals surface area contributed by atoms with Gasteiger partial charge in [-0.15, -0.1) is 11.3 Å². The van der Waals surface area contributed by atoms with Crippen LogP contribution in [0.5, 0.6) is 0 Å². The highest BCUT2D eigenvalue weighted by atomic mass is 32.2. The second-order valence-electron chi connectivity index (χ2n) is 3.29. The third-order valence-electron chi connectivity index (χ3n) is 1.77. The van der Waals surface area contributed by atoms with Gasteiger partial charge in [0.05, 0.1) is 22.7 Å². The molecule has 2 N–H and O–H groups in total. The summed E-state index contributed by atoms with van der Waals surface area (Å²) in [6, 6.07) is 0. The zero-order valence-corrected chi connectivity index (χ0v) is 12.3. The van der Waals surface area contributed by atoms with Crippen molar-refractivity contribution in [2.75, 3.05) is 11.5 Å². The van der Waals surface area contributed by atoms with E-state index >= 15 is 0 Å². The van der Waals surface area contributed by atoms with Crippen LogP contribution in [-0.2, 0) is 26.7 Å². The first-order chi connectivity index (χ1) is 8.05. The lowest BCUT2D eigenvalue weighted by molar-refractivity contribution is 0.472. The topological polar surface area (TPSA) is 122 Å². The summed E-state index contributed by atoms with van der Waals surface area (Å²) in [6.45, 7) is 4.20. The molecule has 0 bridgehead atoms. The van der Waals surface area contributed by atoms with Crippen molar-refractivity contribution in [3.63, 3.8) is 0 Å². The number of rotatable bonds is 4. The Hall–Kier alpha value is -0.550. The molecule has 10 heteroatoms. The maximum atomic E-state index is 9.86.